The van der Waals surface area contributed by atoms with Crippen molar-refractivity contribution < 1.29 is 14.1 Å². The molecule has 1 aliphatic rings. The van der Waals surface area contributed by atoms with Gasteiger partial charge < -0.3 is 14.7 Å². The summed E-state index contributed by atoms with van der Waals surface area (Å²) >= 11 is 3.39. The molecule has 0 bridgehead atoms. The summed E-state index contributed by atoms with van der Waals surface area (Å²) in [6, 6.07) is 7.37. The third-order valence-electron chi connectivity index (χ3n) is 4.80. The van der Waals surface area contributed by atoms with E-state index in [1.54, 1.807) is 4.90 Å². The molecule has 0 saturated carbocycles. The third kappa shape index (κ3) is 3.67. The first-order valence-electron chi connectivity index (χ1n) is 8.69. The maximum absolute atomic E-state index is 12.8. The van der Waals surface area contributed by atoms with E-state index >= 15 is 0 Å². The van der Waals surface area contributed by atoms with Gasteiger partial charge in [0.05, 0.1) is 17.7 Å². The van der Waals surface area contributed by atoms with E-state index < -0.39 is 0 Å². The number of benzene rings is 1. The number of hydrogen-bond donors (Lipinski definition) is 1. The lowest BCUT2D eigenvalue weighted by molar-refractivity contribution is -0.127. The van der Waals surface area contributed by atoms with Crippen molar-refractivity contribution in [3.05, 3.63) is 45.8 Å². The van der Waals surface area contributed by atoms with Gasteiger partial charge in [-0.1, -0.05) is 28.0 Å². The van der Waals surface area contributed by atoms with Gasteiger partial charge in [0.25, 0.3) is 0 Å². The molecule has 1 N–H and O–H groups in total. The van der Waals surface area contributed by atoms with Crippen LogP contribution in [0.3, 0.4) is 0 Å². The average molecular weight is 420 g/mol. The van der Waals surface area contributed by atoms with Crippen LogP contribution in [0, 0.1) is 19.8 Å². The molecule has 6 nitrogen and oxygen atoms in total. The van der Waals surface area contributed by atoms with Crippen LogP contribution in [0.5, 0.6) is 0 Å². The van der Waals surface area contributed by atoms with Gasteiger partial charge in [0, 0.05) is 28.7 Å². The molecule has 0 unspecified atom stereocenters. The highest BCUT2D eigenvalue weighted by Gasteiger charge is 2.36. The highest BCUT2D eigenvalue weighted by molar-refractivity contribution is 9.10. The molecule has 3 rings (SSSR count). The number of hydrogen-bond acceptors (Lipinski definition) is 4. The van der Waals surface area contributed by atoms with Gasteiger partial charge in [0.2, 0.25) is 11.8 Å². The van der Waals surface area contributed by atoms with Crippen LogP contribution in [0.25, 0.3) is 0 Å². The Bertz CT molecular complexity index is 796. The van der Waals surface area contributed by atoms with E-state index in [9.17, 15) is 9.59 Å². The first-order chi connectivity index (χ1) is 12.4. The Morgan fingerprint density at radius 2 is 2.08 bits per heavy atom. The molecule has 1 aliphatic heterocycles. The van der Waals surface area contributed by atoms with E-state index in [4.69, 9.17) is 4.52 Å². The molecule has 1 saturated heterocycles. The zero-order valence-corrected chi connectivity index (χ0v) is 16.7. The van der Waals surface area contributed by atoms with Gasteiger partial charge >= 0.3 is 0 Å². The average Bonchev–Trinajstić information content (AvgIpc) is 3.16. The summed E-state index contributed by atoms with van der Waals surface area (Å²) in [6.07, 6.45) is 0.950. The number of amides is 2. The summed E-state index contributed by atoms with van der Waals surface area (Å²) in [5, 5.41) is 7.04. The van der Waals surface area contributed by atoms with Crippen molar-refractivity contribution in [2.75, 3.05) is 11.4 Å². The van der Waals surface area contributed by atoms with Crippen LogP contribution in [-0.2, 0) is 9.59 Å². The summed E-state index contributed by atoms with van der Waals surface area (Å²) in [6.45, 7) is 6.11. The molecule has 0 spiro atoms. The largest absolute Gasteiger partial charge is 0.361 e. The number of aryl methyl sites for hydroxylation is 2. The number of carbonyl (C=O) groups is 2. The second-order valence-corrected chi connectivity index (χ2v) is 7.50. The van der Waals surface area contributed by atoms with Gasteiger partial charge in [-0.25, -0.2) is 0 Å². The molecule has 0 radical (unpaired) electrons. The molecule has 1 aromatic carbocycles. The lowest BCUT2D eigenvalue weighted by atomic mass is 10.0. The van der Waals surface area contributed by atoms with Crippen molar-refractivity contribution in [3.8, 4) is 0 Å². The number of anilines is 1. The number of aromatic nitrogens is 1. The molecular formula is C19H22BrN3O3. The molecule has 26 heavy (non-hydrogen) atoms. The SMILES string of the molecule is CC[C@@H](NC(=O)[C@H]1CC(=O)N(c2ccc(Br)cc2)C1)c1c(C)noc1C. The maximum Gasteiger partial charge on any atom is 0.227 e. The molecule has 1 aromatic heterocycles. The fraction of sp³-hybridized carbons (Fsp3) is 0.421. The normalized spacial score (nSPS) is 18.2. The summed E-state index contributed by atoms with van der Waals surface area (Å²) < 4.78 is 6.17. The predicted octanol–water partition coefficient (Wildman–Crippen LogP) is 3.67. The first-order valence-corrected chi connectivity index (χ1v) is 9.49. The zero-order chi connectivity index (χ0) is 18.8. The smallest absolute Gasteiger partial charge is 0.227 e. The molecule has 0 aliphatic carbocycles. The third-order valence-corrected chi connectivity index (χ3v) is 5.32. The molecule has 138 valence electrons. The maximum atomic E-state index is 12.8. The molecule has 2 heterocycles. The minimum atomic E-state index is -0.360. The Morgan fingerprint density at radius 3 is 2.65 bits per heavy atom. The Hall–Kier alpha value is -2.15. The summed E-state index contributed by atoms with van der Waals surface area (Å²) in [5.74, 6) is 0.219. The van der Waals surface area contributed by atoms with Crippen molar-refractivity contribution >= 4 is 33.4 Å². The van der Waals surface area contributed by atoms with Crippen LogP contribution in [0.15, 0.2) is 33.3 Å². The van der Waals surface area contributed by atoms with E-state index in [1.165, 1.54) is 0 Å². The second kappa shape index (κ2) is 7.61. The standard InChI is InChI=1S/C19H22BrN3O3/c1-4-16(18-11(2)22-26-12(18)3)21-19(25)13-9-17(24)23(10-13)15-7-5-14(20)6-8-15/h5-8,13,16H,4,9-10H2,1-3H3,(H,21,25)/t13-,16+/m0/s1. The van der Waals surface area contributed by atoms with Gasteiger partial charge in [-0.15, -0.1) is 0 Å². The molecule has 2 atom stereocenters. The lowest BCUT2D eigenvalue weighted by Crippen LogP contribution is -2.35. The summed E-state index contributed by atoms with van der Waals surface area (Å²) in [7, 11) is 0. The number of nitrogens with one attached hydrogen (secondary N) is 1. The van der Waals surface area contributed by atoms with Crippen molar-refractivity contribution in [1.82, 2.24) is 10.5 Å². The number of halogens is 1. The van der Waals surface area contributed by atoms with E-state index in [2.05, 4.69) is 26.4 Å². The molecule has 2 amide bonds. The first kappa shape index (κ1) is 18.6. The minimum Gasteiger partial charge on any atom is -0.361 e. The van der Waals surface area contributed by atoms with Gasteiger partial charge in [-0.3, -0.25) is 9.59 Å². The van der Waals surface area contributed by atoms with Crippen LogP contribution in [-0.4, -0.2) is 23.5 Å². The van der Waals surface area contributed by atoms with Crippen LogP contribution >= 0.6 is 15.9 Å². The molecule has 1 fully saturated rings. The van der Waals surface area contributed by atoms with E-state index in [1.807, 2.05) is 45.0 Å². The Kier molecular flexibility index (Phi) is 5.46. The fourth-order valence-electron chi connectivity index (χ4n) is 3.41. The van der Waals surface area contributed by atoms with Crippen molar-refractivity contribution in [1.29, 1.82) is 0 Å². The van der Waals surface area contributed by atoms with Crippen molar-refractivity contribution in [2.45, 2.75) is 39.7 Å². The van der Waals surface area contributed by atoms with Gasteiger partial charge in [-0.05, 0) is 44.5 Å². The van der Waals surface area contributed by atoms with Crippen LogP contribution in [0.1, 0.15) is 42.8 Å². The quantitative estimate of drug-likeness (QED) is 0.801. The number of nitrogens with zero attached hydrogens (tertiary/aromatic N) is 2. The molecular weight excluding hydrogens is 398 g/mol. The minimum absolute atomic E-state index is 0.0298. The topological polar surface area (TPSA) is 75.4 Å². The van der Waals surface area contributed by atoms with Crippen molar-refractivity contribution in [2.24, 2.45) is 5.92 Å². The van der Waals surface area contributed by atoms with E-state index in [0.29, 0.717) is 12.3 Å². The fourth-order valence-corrected chi connectivity index (χ4v) is 3.67. The van der Waals surface area contributed by atoms with Crippen LogP contribution in [0.2, 0.25) is 0 Å². The molecule has 7 heteroatoms. The van der Waals surface area contributed by atoms with Gasteiger partial charge in [0.15, 0.2) is 0 Å². The predicted molar refractivity (Wildman–Crippen MR) is 102 cm³/mol. The molecule has 2 aromatic rings. The Morgan fingerprint density at radius 1 is 1.38 bits per heavy atom. The van der Waals surface area contributed by atoms with E-state index in [-0.39, 0.29) is 30.2 Å². The highest BCUT2D eigenvalue weighted by Crippen LogP contribution is 2.28. The van der Waals surface area contributed by atoms with Crippen molar-refractivity contribution in [3.63, 3.8) is 0 Å². The number of rotatable bonds is 5. The monoisotopic (exact) mass is 419 g/mol. The second-order valence-electron chi connectivity index (χ2n) is 6.59. The highest BCUT2D eigenvalue weighted by atomic mass is 79.9. The van der Waals surface area contributed by atoms with Crippen LogP contribution < -0.4 is 10.2 Å². The number of carbonyl (C=O) groups excluding carboxylic acids is 2. The van der Waals surface area contributed by atoms with Gasteiger partial charge in [-0.2, -0.15) is 0 Å². The van der Waals surface area contributed by atoms with E-state index in [0.717, 1.165) is 27.8 Å². The summed E-state index contributed by atoms with van der Waals surface area (Å²) in [5.41, 5.74) is 2.52. The Labute approximate surface area is 161 Å². The lowest BCUT2D eigenvalue weighted by Gasteiger charge is -2.20. The zero-order valence-electron chi connectivity index (χ0n) is 15.1. The van der Waals surface area contributed by atoms with Crippen LogP contribution in [0.4, 0.5) is 5.69 Å². The Balaban J connectivity index is 1.70. The summed E-state index contributed by atoms with van der Waals surface area (Å²) in [4.78, 5) is 26.8. The van der Waals surface area contributed by atoms with Gasteiger partial charge in [0.1, 0.15) is 5.76 Å².